The van der Waals surface area contributed by atoms with Crippen LogP contribution in [0.3, 0.4) is 0 Å². The number of methoxy groups -OCH3 is 1. The average molecular weight is 216 g/mol. The third-order valence-corrected chi connectivity index (χ3v) is 1.81. The molecule has 0 aliphatic carbocycles. The van der Waals surface area contributed by atoms with E-state index in [0.29, 0.717) is 23.1 Å². The Bertz CT molecular complexity index is 302. The van der Waals surface area contributed by atoms with Gasteiger partial charge in [-0.3, -0.25) is 0 Å². The fourth-order valence-electron chi connectivity index (χ4n) is 0.966. The minimum absolute atomic E-state index is 0.0000217. The molecule has 1 atom stereocenters. The SMILES string of the molecule is COc1cc(Cl)cc(OCC(C)N)c1. The zero-order valence-corrected chi connectivity index (χ0v) is 9.04. The van der Waals surface area contributed by atoms with Crippen molar-refractivity contribution in [2.24, 2.45) is 5.73 Å². The van der Waals surface area contributed by atoms with Gasteiger partial charge >= 0.3 is 0 Å². The van der Waals surface area contributed by atoms with Crippen LogP contribution in [0.4, 0.5) is 0 Å². The summed E-state index contributed by atoms with van der Waals surface area (Å²) < 4.78 is 10.4. The number of hydrogen-bond acceptors (Lipinski definition) is 3. The van der Waals surface area contributed by atoms with E-state index in [2.05, 4.69) is 0 Å². The highest BCUT2D eigenvalue weighted by Gasteiger charge is 2.01. The molecule has 1 rings (SSSR count). The summed E-state index contributed by atoms with van der Waals surface area (Å²) in [5.41, 5.74) is 5.56. The molecule has 0 amide bonds. The molecule has 1 unspecified atom stereocenters. The first-order valence-electron chi connectivity index (χ1n) is 4.35. The van der Waals surface area contributed by atoms with Crippen LogP contribution in [0.15, 0.2) is 18.2 Å². The molecule has 78 valence electrons. The molecule has 0 bridgehead atoms. The van der Waals surface area contributed by atoms with Crippen molar-refractivity contribution in [2.75, 3.05) is 13.7 Å². The van der Waals surface area contributed by atoms with Crippen molar-refractivity contribution in [1.82, 2.24) is 0 Å². The molecule has 0 heterocycles. The van der Waals surface area contributed by atoms with E-state index in [1.54, 1.807) is 25.3 Å². The van der Waals surface area contributed by atoms with Gasteiger partial charge in [0.1, 0.15) is 18.1 Å². The molecule has 0 saturated heterocycles. The van der Waals surface area contributed by atoms with Crippen molar-refractivity contribution in [2.45, 2.75) is 13.0 Å². The minimum Gasteiger partial charge on any atom is -0.497 e. The Morgan fingerprint density at radius 1 is 1.36 bits per heavy atom. The Morgan fingerprint density at radius 3 is 2.57 bits per heavy atom. The van der Waals surface area contributed by atoms with Crippen molar-refractivity contribution < 1.29 is 9.47 Å². The van der Waals surface area contributed by atoms with Crippen LogP contribution < -0.4 is 15.2 Å². The number of benzene rings is 1. The zero-order valence-electron chi connectivity index (χ0n) is 8.29. The maximum atomic E-state index is 5.85. The molecular weight excluding hydrogens is 202 g/mol. The van der Waals surface area contributed by atoms with Crippen LogP contribution in [-0.4, -0.2) is 19.8 Å². The van der Waals surface area contributed by atoms with Crippen LogP contribution in [0.25, 0.3) is 0 Å². The number of hydrogen-bond donors (Lipinski definition) is 1. The Kier molecular flexibility index (Phi) is 4.04. The number of rotatable bonds is 4. The van der Waals surface area contributed by atoms with Crippen LogP contribution >= 0.6 is 11.6 Å². The third kappa shape index (κ3) is 3.44. The van der Waals surface area contributed by atoms with E-state index < -0.39 is 0 Å². The summed E-state index contributed by atoms with van der Waals surface area (Å²) in [6.07, 6.45) is 0. The summed E-state index contributed by atoms with van der Waals surface area (Å²) in [6.45, 7) is 2.34. The van der Waals surface area contributed by atoms with Crippen LogP contribution in [0.1, 0.15) is 6.92 Å². The van der Waals surface area contributed by atoms with Crippen molar-refractivity contribution in [3.63, 3.8) is 0 Å². The second kappa shape index (κ2) is 5.08. The molecule has 0 saturated carbocycles. The van der Waals surface area contributed by atoms with E-state index in [9.17, 15) is 0 Å². The van der Waals surface area contributed by atoms with Crippen molar-refractivity contribution in [3.05, 3.63) is 23.2 Å². The van der Waals surface area contributed by atoms with Crippen LogP contribution in [0, 0.1) is 0 Å². The van der Waals surface area contributed by atoms with Crippen molar-refractivity contribution >= 4 is 11.6 Å². The first kappa shape index (κ1) is 11.1. The molecule has 0 aromatic heterocycles. The van der Waals surface area contributed by atoms with Gasteiger partial charge in [-0.1, -0.05) is 11.6 Å². The van der Waals surface area contributed by atoms with E-state index in [-0.39, 0.29) is 6.04 Å². The molecule has 0 fully saturated rings. The summed E-state index contributed by atoms with van der Waals surface area (Å²) in [7, 11) is 1.58. The quantitative estimate of drug-likeness (QED) is 0.837. The Balaban J connectivity index is 2.71. The Labute approximate surface area is 88.8 Å². The number of nitrogens with two attached hydrogens (primary N) is 1. The fraction of sp³-hybridized carbons (Fsp3) is 0.400. The van der Waals surface area contributed by atoms with Gasteiger partial charge in [0, 0.05) is 17.1 Å². The first-order valence-corrected chi connectivity index (χ1v) is 4.72. The van der Waals surface area contributed by atoms with Gasteiger partial charge in [0.05, 0.1) is 7.11 Å². The molecule has 1 aromatic rings. The molecule has 1 aromatic carbocycles. The normalized spacial score (nSPS) is 12.3. The number of halogens is 1. The van der Waals surface area contributed by atoms with Crippen molar-refractivity contribution in [3.8, 4) is 11.5 Å². The fourth-order valence-corrected chi connectivity index (χ4v) is 1.18. The lowest BCUT2D eigenvalue weighted by Gasteiger charge is -2.10. The first-order chi connectivity index (χ1) is 6.61. The summed E-state index contributed by atoms with van der Waals surface area (Å²) in [5.74, 6) is 1.35. The molecule has 0 spiro atoms. The lowest BCUT2D eigenvalue weighted by molar-refractivity contribution is 0.294. The molecule has 4 heteroatoms. The second-order valence-electron chi connectivity index (χ2n) is 3.12. The highest BCUT2D eigenvalue weighted by atomic mass is 35.5. The predicted molar refractivity (Wildman–Crippen MR) is 57.1 cm³/mol. The molecule has 14 heavy (non-hydrogen) atoms. The van der Waals surface area contributed by atoms with E-state index in [4.69, 9.17) is 26.8 Å². The highest BCUT2D eigenvalue weighted by Crippen LogP contribution is 2.25. The topological polar surface area (TPSA) is 44.5 Å². The second-order valence-corrected chi connectivity index (χ2v) is 3.55. The summed E-state index contributed by atoms with van der Waals surface area (Å²) >= 11 is 5.85. The number of ether oxygens (including phenoxy) is 2. The molecule has 0 radical (unpaired) electrons. The Hall–Kier alpha value is -0.930. The standard InChI is InChI=1S/C10H14ClNO2/c1-7(12)6-14-10-4-8(11)3-9(5-10)13-2/h3-5,7H,6,12H2,1-2H3. The highest BCUT2D eigenvalue weighted by molar-refractivity contribution is 6.30. The van der Waals surface area contributed by atoms with E-state index in [1.165, 1.54) is 0 Å². The Morgan fingerprint density at radius 2 is 2.00 bits per heavy atom. The smallest absolute Gasteiger partial charge is 0.124 e. The molecular formula is C10H14ClNO2. The maximum Gasteiger partial charge on any atom is 0.124 e. The lowest BCUT2D eigenvalue weighted by atomic mass is 10.3. The summed E-state index contributed by atoms with van der Waals surface area (Å²) in [4.78, 5) is 0. The third-order valence-electron chi connectivity index (χ3n) is 1.59. The zero-order chi connectivity index (χ0) is 10.6. The van der Waals surface area contributed by atoms with Gasteiger partial charge in [-0.2, -0.15) is 0 Å². The maximum absolute atomic E-state index is 5.85. The molecule has 2 N–H and O–H groups in total. The molecule has 0 aliphatic heterocycles. The van der Waals surface area contributed by atoms with Crippen molar-refractivity contribution in [1.29, 1.82) is 0 Å². The lowest BCUT2D eigenvalue weighted by Crippen LogP contribution is -2.23. The minimum atomic E-state index is -0.0000217. The summed E-state index contributed by atoms with van der Waals surface area (Å²) in [6, 6.07) is 5.22. The van der Waals surface area contributed by atoms with Gasteiger partial charge in [-0.25, -0.2) is 0 Å². The van der Waals surface area contributed by atoms with Crippen LogP contribution in [-0.2, 0) is 0 Å². The molecule has 0 aliphatic rings. The predicted octanol–water partition coefficient (Wildman–Crippen LogP) is 2.07. The monoisotopic (exact) mass is 215 g/mol. The van der Waals surface area contributed by atoms with E-state index in [1.807, 2.05) is 6.92 Å². The van der Waals surface area contributed by atoms with Gasteiger partial charge in [0.25, 0.3) is 0 Å². The van der Waals surface area contributed by atoms with Gasteiger partial charge < -0.3 is 15.2 Å². The van der Waals surface area contributed by atoms with Gasteiger partial charge in [-0.15, -0.1) is 0 Å². The van der Waals surface area contributed by atoms with Gasteiger partial charge in [-0.05, 0) is 19.1 Å². The molecule has 3 nitrogen and oxygen atoms in total. The van der Waals surface area contributed by atoms with Crippen LogP contribution in [0.2, 0.25) is 5.02 Å². The largest absolute Gasteiger partial charge is 0.497 e. The van der Waals surface area contributed by atoms with E-state index in [0.717, 1.165) is 0 Å². The van der Waals surface area contributed by atoms with Gasteiger partial charge in [0.15, 0.2) is 0 Å². The van der Waals surface area contributed by atoms with Crippen LogP contribution in [0.5, 0.6) is 11.5 Å². The summed E-state index contributed by atoms with van der Waals surface area (Å²) in [5, 5.41) is 0.587. The average Bonchev–Trinajstić information content (AvgIpc) is 2.14. The van der Waals surface area contributed by atoms with E-state index >= 15 is 0 Å². The van der Waals surface area contributed by atoms with Gasteiger partial charge in [0.2, 0.25) is 0 Å².